The highest BCUT2D eigenvalue weighted by Crippen LogP contribution is 2.21. The van der Waals surface area contributed by atoms with Crippen molar-refractivity contribution < 1.29 is 23.1 Å². The summed E-state index contributed by atoms with van der Waals surface area (Å²) < 4.78 is 21.2. The van der Waals surface area contributed by atoms with Gasteiger partial charge in [0.15, 0.2) is 14.6 Å². The van der Waals surface area contributed by atoms with Crippen LogP contribution >= 0.6 is 11.3 Å². The van der Waals surface area contributed by atoms with Gasteiger partial charge in [0.25, 0.3) is 5.91 Å². The van der Waals surface area contributed by atoms with Crippen LogP contribution < -0.4 is 5.32 Å². The summed E-state index contributed by atoms with van der Waals surface area (Å²) in [5, 5.41) is 13.4. The normalized spacial score (nSPS) is 14.6. The minimum Gasteiger partial charge on any atom is -0.480 e. The number of carboxylic acids is 1. The van der Waals surface area contributed by atoms with Crippen LogP contribution in [0.5, 0.6) is 0 Å². The van der Waals surface area contributed by atoms with E-state index in [9.17, 15) is 18.0 Å². The zero-order valence-corrected chi connectivity index (χ0v) is 13.1. The van der Waals surface area contributed by atoms with E-state index in [2.05, 4.69) is 5.32 Å². The van der Waals surface area contributed by atoms with Crippen LogP contribution in [0.2, 0.25) is 0 Å². The fourth-order valence-corrected chi connectivity index (χ4v) is 3.18. The van der Waals surface area contributed by atoms with Gasteiger partial charge in [-0.15, -0.1) is 11.3 Å². The molecule has 1 aromatic rings. The van der Waals surface area contributed by atoms with Crippen LogP contribution in [-0.4, -0.2) is 42.9 Å². The van der Waals surface area contributed by atoms with Crippen molar-refractivity contribution in [1.29, 1.82) is 0 Å². The summed E-state index contributed by atoms with van der Waals surface area (Å²) in [6.45, 7) is 2.92. The molecule has 1 heterocycles. The molecular formula is C12H17NO5S2. The molecule has 0 radical (unpaired) electrons. The van der Waals surface area contributed by atoms with Gasteiger partial charge in [-0.25, -0.2) is 8.42 Å². The minimum atomic E-state index is -3.77. The molecule has 1 aromatic heterocycles. The lowest BCUT2D eigenvalue weighted by Crippen LogP contribution is -2.45. The molecule has 8 heteroatoms. The summed E-state index contributed by atoms with van der Waals surface area (Å²) in [4.78, 5) is 23.5. The summed E-state index contributed by atoms with van der Waals surface area (Å²) in [7, 11) is -3.77. The van der Waals surface area contributed by atoms with Crippen molar-refractivity contribution in [3.63, 3.8) is 0 Å². The fraction of sp³-hybridized carbons (Fsp3) is 0.500. The number of nitrogens with one attached hydrogen (secondary N) is 1. The summed E-state index contributed by atoms with van der Waals surface area (Å²) in [6, 6.07) is 1.80. The number of carboxylic acid groups (broad SMARTS) is 1. The number of aliphatic carboxylic acids is 1. The van der Waals surface area contributed by atoms with Crippen LogP contribution in [0.1, 0.15) is 28.6 Å². The molecule has 0 spiro atoms. The lowest BCUT2D eigenvalue weighted by Gasteiger charge is -2.22. The Morgan fingerprint density at radius 3 is 2.45 bits per heavy atom. The first-order valence-electron chi connectivity index (χ1n) is 5.85. The molecule has 6 nitrogen and oxygen atoms in total. The second-order valence-electron chi connectivity index (χ2n) is 4.75. The smallest absolute Gasteiger partial charge is 0.324 e. The van der Waals surface area contributed by atoms with Gasteiger partial charge in [0.05, 0.1) is 4.88 Å². The Morgan fingerprint density at radius 2 is 2.05 bits per heavy atom. The van der Waals surface area contributed by atoms with Crippen LogP contribution in [0.15, 0.2) is 11.4 Å². The minimum absolute atomic E-state index is 0.0218. The van der Waals surface area contributed by atoms with Gasteiger partial charge in [0.1, 0.15) is 0 Å². The van der Waals surface area contributed by atoms with Gasteiger partial charge < -0.3 is 10.4 Å². The second-order valence-corrected chi connectivity index (χ2v) is 8.11. The van der Waals surface area contributed by atoms with Gasteiger partial charge in [-0.05, 0) is 37.3 Å². The third-order valence-corrected chi connectivity index (χ3v) is 6.26. The number of thiophene rings is 1. The Labute approximate surface area is 121 Å². The van der Waals surface area contributed by atoms with E-state index < -0.39 is 20.6 Å². The lowest BCUT2D eigenvalue weighted by molar-refractivity contribution is -0.139. The van der Waals surface area contributed by atoms with E-state index >= 15 is 0 Å². The van der Waals surface area contributed by atoms with Crippen LogP contribution in [0.3, 0.4) is 0 Å². The van der Waals surface area contributed by atoms with Crippen LogP contribution in [0.4, 0.5) is 0 Å². The largest absolute Gasteiger partial charge is 0.480 e. The molecule has 1 rings (SSSR count). The summed E-state index contributed by atoms with van der Waals surface area (Å²) >= 11 is 1.28. The van der Waals surface area contributed by atoms with Crippen LogP contribution in [0, 0.1) is 6.92 Å². The molecule has 0 aromatic carbocycles. The van der Waals surface area contributed by atoms with E-state index in [-0.39, 0.29) is 18.9 Å². The van der Waals surface area contributed by atoms with Crippen molar-refractivity contribution in [2.24, 2.45) is 0 Å². The Hall–Kier alpha value is -1.41. The van der Waals surface area contributed by atoms with Crippen molar-refractivity contribution in [3.8, 4) is 0 Å². The summed E-state index contributed by atoms with van der Waals surface area (Å²) in [5.41, 5.74) is 0.830. The van der Waals surface area contributed by atoms with Gasteiger partial charge in [-0.2, -0.15) is 0 Å². The van der Waals surface area contributed by atoms with E-state index in [0.717, 1.165) is 18.7 Å². The SMILES string of the molecule is Cc1ccsc1C(=O)NCCC(C)(C(=O)O)S(C)(=O)=O. The highest BCUT2D eigenvalue weighted by molar-refractivity contribution is 7.92. The number of carbonyl (C=O) groups is 2. The fourth-order valence-electron chi connectivity index (χ4n) is 1.55. The number of rotatable bonds is 6. The first-order chi connectivity index (χ1) is 9.09. The van der Waals surface area contributed by atoms with Crippen LogP contribution in [-0.2, 0) is 14.6 Å². The lowest BCUT2D eigenvalue weighted by atomic mass is 10.1. The summed E-state index contributed by atoms with van der Waals surface area (Å²) in [5.74, 6) is -1.74. The standard InChI is InChI=1S/C12H17NO5S2/c1-8-4-7-19-9(8)10(14)13-6-5-12(2,11(15)16)20(3,17)18/h4,7H,5-6H2,1-3H3,(H,13,14)(H,15,16). The molecule has 0 bridgehead atoms. The van der Waals surface area contributed by atoms with Crippen molar-refractivity contribution >= 4 is 33.1 Å². The van der Waals surface area contributed by atoms with E-state index in [4.69, 9.17) is 5.11 Å². The molecule has 0 saturated carbocycles. The molecule has 0 aliphatic heterocycles. The monoisotopic (exact) mass is 319 g/mol. The Balaban J connectivity index is 2.70. The number of carbonyl (C=O) groups excluding carboxylic acids is 1. The number of sulfone groups is 1. The molecule has 0 aliphatic rings. The van der Waals surface area contributed by atoms with Gasteiger partial charge in [-0.3, -0.25) is 9.59 Å². The predicted molar refractivity (Wildman–Crippen MR) is 76.9 cm³/mol. The third-order valence-electron chi connectivity index (χ3n) is 3.23. The first-order valence-corrected chi connectivity index (χ1v) is 8.62. The Bertz CT molecular complexity index is 620. The average molecular weight is 319 g/mol. The molecule has 0 aliphatic carbocycles. The molecule has 1 atom stereocenters. The van der Waals surface area contributed by atoms with Gasteiger partial charge >= 0.3 is 5.97 Å². The number of aryl methyl sites for hydroxylation is 1. The third kappa shape index (κ3) is 3.37. The van der Waals surface area contributed by atoms with Gasteiger partial charge in [-0.1, -0.05) is 0 Å². The van der Waals surface area contributed by atoms with Crippen molar-refractivity contribution in [3.05, 3.63) is 21.9 Å². The Morgan fingerprint density at radius 1 is 1.45 bits per heavy atom. The molecule has 1 unspecified atom stereocenters. The highest BCUT2D eigenvalue weighted by Gasteiger charge is 2.43. The molecular weight excluding hydrogens is 302 g/mol. The quantitative estimate of drug-likeness (QED) is 0.816. The van der Waals surface area contributed by atoms with E-state index in [1.54, 1.807) is 18.4 Å². The maximum Gasteiger partial charge on any atom is 0.324 e. The van der Waals surface area contributed by atoms with Gasteiger partial charge in [0.2, 0.25) is 0 Å². The molecule has 1 amide bonds. The van der Waals surface area contributed by atoms with Gasteiger partial charge in [0, 0.05) is 12.8 Å². The maximum absolute atomic E-state index is 11.8. The van der Waals surface area contributed by atoms with Crippen LogP contribution in [0.25, 0.3) is 0 Å². The van der Waals surface area contributed by atoms with E-state index in [1.807, 2.05) is 0 Å². The van der Waals surface area contributed by atoms with E-state index in [1.165, 1.54) is 11.3 Å². The van der Waals surface area contributed by atoms with Crippen molar-refractivity contribution in [2.75, 3.05) is 12.8 Å². The van der Waals surface area contributed by atoms with Crippen molar-refractivity contribution in [1.82, 2.24) is 5.32 Å². The average Bonchev–Trinajstić information content (AvgIpc) is 2.73. The highest BCUT2D eigenvalue weighted by atomic mass is 32.2. The first kappa shape index (κ1) is 16.6. The second kappa shape index (κ2) is 5.92. The Kier molecular flexibility index (Phi) is 4.93. The number of amides is 1. The zero-order chi connectivity index (χ0) is 15.6. The molecule has 0 saturated heterocycles. The van der Waals surface area contributed by atoms with E-state index in [0.29, 0.717) is 4.88 Å². The number of hydrogen-bond acceptors (Lipinski definition) is 5. The number of hydrogen-bond donors (Lipinski definition) is 2. The topological polar surface area (TPSA) is 101 Å². The molecule has 20 heavy (non-hydrogen) atoms. The molecule has 2 N–H and O–H groups in total. The van der Waals surface area contributed by atoms with Crippen molar-refractivity contribution in [2.45, 2.75) is 25.0 Å². The zero-order valence-electron chi connectivity index (χ0n) is 11.5. The molecule has 0 fully saturated rings. The molecule has 112 valence electrons. The summed E-state index contributed by atoms with van der Waals surface area (Å²) in [6.07, 6.45) is 0.698. The maximum atomic E-state index is 11.8. The predicted octanol–water partition coefficient (Wildman–Crippen LogP) is 1.06.